The summed E-state index contributed by atoms with van der Waals surface area (Å²) in [6.45, 7) is 0. The number of fused-ring (bicyclic) bond motifs is 12. The molecular weight excluding hydrogens is 997 g/mol. The molecule has 0 N–H and O–H groups in total. The van der Waals surface area contributed by atoms with Crippen molar-refractivity contribution >= 4 is 87.2 Å². The minimum absolute atomic E-state index is 0.674. The molecule has 6 heteroatoms. The second kappa shape index (κ2) is 18.2. The smallest absolute Gasteiger partial charge is 0.160 e. The SMILES string of the molecule is c1ccc(-c2cc(-c3ccc(-n4c5ccccc5c5cc6c7ccccc7n(-c7ccccc7)c6cc54)c(-c4ccccc4-n4c5ccccc5c5cc6c7ccccc7n(-c7ccccc7)c6cc54)c3)nc(-c3ccccc3)n2)cc1. The highest BCUT2D eigenvalue weighted by Gasteiger charge is 2.25. The van der Waals surface area contributed by atoms with E-state index >= 15 is 0 Å². The number of aromatic nitrogens is 6. The van der Waals surface area contributed by atoms with Crippen molar-refractivity contribution in [3.05, 3.63) is 291 Å². The van der Waals surface area contributed by atoms with Crippen molar-refractivity contribution < 1.29 is 0 Å². The summed E-state index contributed by atoms with van der Waals surface area (Å²) in [4.78, 5) is 10.6. The van der Waals surface area contributed by atoms with Crippen molar-refractivity contribution in [3.8, 4) is 67.8 Å². The van der Waals surface area contributed by atoms with Crippen LogP contribution in [0.15, 0.2) is 291 Å². The average Bonchev–Trinajstić information content (AvgIpc) is 4.29. The maximum atomic E-state index is 5.43. The first-order valence-electron chi connectivity index (χ1n) is 28.0. The Hall–Kier alpha value is -11.1. The molecule has 0 fully saturated rings. The molecule has 0 aliphatic heterocycles. The van der Waals surface area contributed by atoms with Crippen LogP contribution in [-0.4, -0.2) is 28.2 Å². The van der Waals surface area contributed by atoms with Gasteiger partial charge in [-0.3, -0.25) is 0 Å². The van der Waals surface area contributed by atoms with Gasteiger partial charge in [0.1, 0.15) is 0 Å². The van der Waals surface area contributed by atoms with E-state index in [1.165, 1.54) is 54.1 Å². The summed E-state index contributed by atoms with van der Waals surface area (Å²) in [6, 6.07) is 105. The average molecular weight is 1050 g/mol. The lowest BCUT2D eigenvalue weighted by Crippen LogP contribution is -2.03. The lowest BCUT2D eigenvalue weighted by molar-refractivity contribution is 1.15. The molecule has 0 radical (unpaired) electrons. The minimum Gasteiger partial charge on any atom is -0.309 e. The van der Waals surface area contributed by atoms with Gasteiger partial charge >= 0.3 is 0 Å². The van der Waals surface area contributed by atoms with Gasteiger partial charge in [0.25, 0.3) is 0 Å². The zero-order chi connectivity index (χ0) is 53.8. The highest BCUT2D eigenvalue weighted by molar-refractivity contribution is 6.21. The van der Waals surface area contributed by atoms with Gasteiger partial charge in [-0.15, -0.1) is 0 Å². The van der Waals surface area contributed by atoms with Crippen LogP contribution in [-0.2, 0) is 0 Å². The lowest BCUT2D eigenvalue weighted by Gasteiger charge is -2.20. The Morgan fingerprint density at radius 1 is 0.207 bits per heavy atom. The van der Waals surface area contributed by atoms with Crippen molar-refractivity contribution in [2.75, 3.05) is 0 Å². The molecular formula is C76H48N6. The predicted molar refractivity (Wildman–Crippen MR) is 341 cm³/mol. The summed E-state index contributed by atoms with van der Waals surface area (Å²) in [7, 11) is 0. The fourth-order valence-corrected chi connectivity index (χ4v) is 13.2. The number of para-hydroxylation sites is 7. The summed E-state index contributed by atoms with van der Waals surface area (Å²) < 4.78 is 9.85. The molecule has 382 valence electrons. The fraction of sp³-hybridized carbons (Fsp3) is 0. The van der Waals surface area contributed by atoms with Crippen LogP contribution < -0.4 is 0 Å². The van der Waals surface area contributed by atoms with E-state index in [1.807, 2.05) is 6.07 Å². The summed E-state index contributed by atoms with van der Waals surface area (Å²) >= 11 is 0. The molecule has 82 heavy (non-hydrogen) atoms. The normalized spacial score (nSPS) is 11.9. The molecule has 0 spiro atoms. The van der Waals surface area contributed by atoms with Gasteiger partial charge in [0.2, 0.25) is 0 Å². The molecule has 0 unspecified atom stereocenters. The number of rotatable bonds is 8. The minimum atomic E-state index is 0.674. The third kappa shape index (κ3) is 7.01. The van der Waals surface area contributed by atoms with E-state index in [1.54, 1.807) is 0 Å². The summed E-state index contributed by atoms with van der Waals surface area (Å²) in [5.41, 5.74) is 20.3. The first kappa shape index (κ1) is 45.9. The standard InChI is InChI=1S/C76H48N6/c1-5-23-49(24-6-1)64-46-65(78-76(77-64)50-25-7-2-8-26-50)51-41-42-71(82-70-40-22-17-35-58(70)63-45-61-56-33-14-19-37-67(56)80(73(61)48-75(63)82)53-29-11-4-12-30-53)59(43-51)54-31-15-20-38-68(54)81-69-39-21-16-34-57(69)62-44-60-55-32-13-18-36-66(55)79(72(60)47-74(62)81)52-27-9-3-10-28-52/h1-48H. The van der Waals surface area contributed by atoms with Crippen molar-refractivity contribution in [2.45, 2.75) is 0 Å². The maximum Gasteiger partial charge on any atom is 0.160 e. The van der Waals surface area contributed by atoms with Crippen LogP contribution in [0.4, 0.5) is 0 Å². The van der Waals surface area contributed by atoms with E-state index in [9.17, 15) is 0 Å². The van der Waals surface area contributed by atoms with E-state index in [0.717, 1.165) is 95.1 Å². The molecule has 5 aromatic heterocycles. The molecule has 6 nitrogen and oxygen atoms in total. The zero-order valence-corrected chi connectivity index (χ0v) is 44.4. The van der Waals surface area contributed by atoms with Gasteiger partial charge in [-0.25, -0.2) is 9.97 Å². The Morgan fingerprint density at radius 2 is 0.573 bits per heavy atom. The van der Waals surface area contributed by atoms with Gasteiger partial charge in [-0.05, 0) is 97.1 Å². The third-order valence-corrected chi connectivity index (χ3v) is 16.8. The summed E-state index contributed by atoms with van der Waals surface area (Å²) in [5, 5.41) is 9.67. The summed E-state index contributed by atoms with van der Waals surface area (Å²) in [5.74, 6) is 0.674. The zero-order valence-electron chi connectivity index (χ0n) is 44.4. The van der Waals surface area contributed by atoms with E-state index in [0.29, 0.717) is 5.82 Å². The van der Waals surface area contributed by atoms with Gasteiger partial charge in [-0.2, -0.15) is 0 Å². The number of hydrogen-bond acceptors (Lipinski definition) is 2. The third-order valence-electron chi connectivity index (χ3n) is 16.8. The van der Waals surface area contributed by atoms with Gasteiger partial charge in [0, 0.05) is 82.3 Å². The first-order chi connectivity index (χ1) is 40.7. The van der Waals surface area contributed by atoms with Crippen molar-refractivity contribution in [3.63, 3.8) is 0 Å². The van der Waals surface area contributed by atoms with Gasteiger partial charge in [0.05, 0.1) is 66.9 Å². The highest BCUT2D eigenvalue weighted by Crippen LogP contribution is 2.46. The molecule has 0 amide bonds. The van der Waals surface area contributed by atoms with E-state index in [-0.39, 0.29) is 0 Å². The van der Waals surface area contributed by atoms with E-state index < -0.39 is 0 Å². The molecule has 0 atom stereocenters. The Morgan fingerprint density at radius 3 is 1.06 bits per heavy atom. The molecule has 5 heterocycles. The number of benzene rings is 12. The lowest BCUT2D eigenvalue weighted by atomic mass is 9.96. The first-order valence-corrected chi connectivity index (χ1v) is 28.0. The Balaban J connectivity index is 0.981. The second-order valence-corrected chi connectivity index (χ2v) is 21.3. The van der Waals surface area contributed by atoms with Gasteiger partial charge in [0.15, 0.2) is 5.82 Å². The van der Waals surface area contributed by atoms with Crippen molar-refractivity contribution in [1.29, 1.82) is 0 Å². The predicted octanol–water partition coefficient (Wildman–Crippen LogP) is 19.5. The van der Waals surface area contributed by atoms with Crippen LogP contribution in [0.5, 0.6) is 0 Å². The number of nitrogens with zero attached hydrogens (tertiary/aromatic N) is 6. The molecule has 17 aromatic rings. The Kier molecular flexibility index (Phi) is 10.2. The van der Waals surface area contributed by atoms with E-state index in [2.05, 4.69) is 303 Å². The van der Waals surface area contributed by atoms with Gasteiger partial charge in [-0.1, -0.05) is 194 Å². The largest absolute Gasteiger partial charge is 0.309 e. The highest BCUT2D eigenvalue weighted by atomic mass is 15.0. The topological polar surface area (TPSA) is 45.5 Å². The van der Waals surface area contributed by atoms with Crippen LogP contribution in [0.25, 0.3) is 155 Å². The van der Waals surface area contributed by atoms with Crippen LogP contribution >= 0.6 is 0 Å². The number of hydrogen-bond donors (Lipinski definition) is 0. The molecule has 17 rings (SSSR count). The van der Waals surface area contributed by atoms with Crippen LogP contribution in [0.3, 0.4) is 0 Å². The fourth-order valence-electron chi connectivity index (χ4n) is 13.2. The summed E-state index contributed by atoms with van der Waals surface area (Å²) in [6.07, 6.45) is 0. The van der Waals surface area contributed by atoms with Crippen LogP contribution in [0.1, 0.15) is 0 Å². The maximum absolute atomic E-state index is 5.43. The van der Waals surface area contributed by atoms with Crippen molar-refractivity contribution in [1.82, 2.24) is 28.2 Å². The molecule has 12 aromatic carbocycles. The molecule has 0 bridgehead atoms. The van der Waals surface area contributed by atoms with E-state index in [4.69, 9.17) is 9.97 Å². The molecule has 0 aliphatic rings. The molecule has 0 aliphatic carbocycles. The monoisotopic (exact) mass is 1040 g/mol. The quantitative estimate of drug-likeness (QED) is 0.152. The molecule has 0 saturated heterocycles. The van der Waals surface area contributed by atoms with Crippen LogP contribution in [0.2, 0.25) is 0 Å². The second-order valence-electron chi connectivity index (χ2n) is 21.3. The van der Waals surface area contributed by atoms with Gasteiger partial charge < -0.3 is 18.3 Å². The molecule has 0 saturated carbocycles. The Bertz CT molecular complexity index is 5320. The van der Waals surface area contributed by atoms with Crippen molar-refractivity contribution in [2.24, 2.45) is 0 Å². The Labute approximate surface area is 471 Å². The van der Waals surface area contributed by atoms with Crippen LogP contribution in [0, 0.1) is 0 Å².